The van der Waals surface area contributed by atoms with E-state index in [1.54, 1.807) is 0 Å². The van der Waals surface area contributed by atoms with Gasteiger partial charge in [0.1, 0.15) is 5.54 Å². The number of amides is 1. The van der Waals surface area contributed by atoms with E-state index in [9.17, 15) is 4.79 Å². The number of halogens is 1. The van der Waals surface area contributed by atoms with Gasteiger partial charge in [0.05, 0.1) is 0 Å². The number of aryl methyl sites for hydroxylation is 1. The molecule has 0 bridgehead atoms. The summed E-state index contributed by atoms with van der Waals surface area (Å²) in [5, 5.41) is 3.91. The Labute approximate surface area is 130 Å². The van der Waals surface area contributed by atoms with Crippen LogP contribution in [0.4, 0.5) is 5.69 Å². The van der Waals surface area contributed by atoms with Gasteiger partial charge in [-0.1, -0.05) is 41.4 Å². The van der Waals surface area contributed by atoms with E-state index in [1.807, 2.05) is 62.4 Å². The highest BCUT2D eigenvalue weighted by Gasteiger charge is 2.31. The predicted octanol–water partition coefficient (Wildman–Crippen LogP) is 3.55. The highest BCUT2D eigenvalue weighted by atomic mass is 35.5. The Bertz CT molecular complexity index is 573. The average molecular weight is 303 g/mol. The molecule has 2 aromatic carbocycles. The zero-order valence-electron chi connectivity index (χ0n) is 12.2. The minimum absolute atomic E-state index is 0.391. The summed E-state index contributed by atoms with van der Waals surface area (Å²) in [5.41, 5.74) is 7.78. The zero-order chi connectivity index (χ0) is 15.5. The third-order valence-electron chi connectivity index (χ3n) is 3.49. The Morgan fingerprint density at radius 1 is 1.14 bits per heavy atom. The molecule has 0 heterocycles. The molecule has 0 radical (unpaired) electrons. The molecule has 0 aromatic heterocycles. The first-order valence-corrected chi connectivity index (χ1v) is 7.16. The molecule has 3 nitrogen and oxygen atoms in total. The molecule has 21 heavy (non-hydrogen) atoms. The van der Waals surface area contributed by atoms with Crippen LogP contribution < -0.4 is 11.1 Å². The lowest BCUT2D eigenvalue weighted by molar-refractivity contribution is -0.121. The lowest BCUT2D eigenvalue weighted by atomic mass is 9.91. The van der Waals surface area contributed by atoms with Crippen LogP contribution in [-0.2, 0) is 11.2 Å². The lowest BCUT2D eigenvalue weighted by Gasteiger charge is -2.29. The summed E-state index contributed by atoms with van der Waals surface area (Å²) >= 11 is 5.88. The summed E-state index contributed by atoms with van der Waals surface area (Å²) < 4.78 is 0. The minimum atomic E-state index is -0.858. The van der Waals surface area contributed by atoms with E-state index in [0.29, 0.717) is 11.4 Å². The number of nitrogens with one attached hydrogen (secondary N) is 1. The first kappa shape index (κ1) is 15.4. The fourth-order valence-electron chi connectivity index (χ4n) is 2.16. The standard InChI is InChI=1S/C17H19ClN2O/c1-12-3-9-15(10-4-12)20-17(2,16(19)21)11-13-5-7-14(18)8-6-13/h3-10,20H,11H2,1-2H3,(H2,19,21). The normalized spacial score (nSPS) is 13.5. The topological polar surface area (TPSA) is 55.1 Å². The number of carbonyl (C=O) groups is 1. The Morgan fingerprint density at radius 2 is 1.71 bits per heavy atom. The lowest BCUT2D eigenvalue weighted by Crippen LogP contribution is -2.49. The number of primary amides is 1. The average Bonchev–Trinajstić information content (AvgIpc) is 2.44. The highest BCUT2D eigenvalue weighted by Crippen LogP contribution is 2.21. The minimum Gasteiger partial charge on any atom is -0.371 e. The maximum absolute atomic E-state index is 11.9. The van der Waals surface area contributed by atoms with Crippen molar-refractivity contribution in [2.45, 2.75) is 25.8 Å². The molecule has 1 unspecified atom stereocenters. The van der Waals surface area contributed by atoms with Gasteiger partial charge in [0.25, 0.3) is 0 Å². The van der Waals surface area contributed by atoms with Crippen LogP contribution in [0.1, 0.15) is 18.1 Å². The van der Waals surface area contributed by atoms with E-state index in [2.05, 4.69) is 5.32 Å². The van der Waals surface area contributed by atoms with E-state index >= 15 is 0 Å². The van der Waals surface area contributed by atoms with Crippen LogP contribution in [0.5, 0.6) is 0 Å². The van der Waals surface area contributed by atoms with E-state index in [1.165, 1.54) is 5.56 Å². The van der Waals surface area contributed by atoms with Crippen LogP contribution in [0, 0.1) is 6.92 Å². The molecular weight excluding hydrogens is 284 g/mol. The molecule has 2 aromatic rings. The largest absolute Gasteiger partial charge is 0.371 e. The first-order chi connectivity index (χ1) is 9.89. The summed E-state index contributed by atoms with van der Waals surface area (Å²) in [5.74, 6) is -0.391. The molecule has 0 aliphatic carbocycles. The van der Waals surface area contributed by atoms with Crippen molar-refractivity contribution in [2.75, 3.05) is 5.32 Å². The Hall–Kier alpha value is -2.00. The van der Waals surface area contributed by atoms with E-state index in [-0.39, 0.29) is 0 Å². The number of rotatable bonds is 5. The SMILES string of the molecule is Cc1ccc(NC(C)(Cc2ccc(Cl)cc2)C(N)=O)cc1. The fourth-order valence-corrected chi connectivity index (χ4v) is 2.28. The van der Waals surface area contributed by atoms with Gasteiger partial charge >= 0.3 is 0 Å². The second-order valence-corrected chi connectivity index (χ2v) is 5.93. The Balaban J connectivity index is 2.21. The molecule has 0 spiro atoms. The van der Waals surface area contributed by atoms with Crippen molar-refractivity contribution in [2.24, 2.45) is 5.73 Å². The molecule has 0 saturated carbocycles. The van der Waals surface area contributed by atoms with Gasteiger partial charge in [0.15, 0.2) is 0 Å². The smallest absolute Gasteiger partial charge is 0.243 e. The quantitative estimate of drug-likeness (QED) is 0.887. The van der Waals surface area contributed by atoms with E-state index < -0.39 is 11.4 Å². The summed E-state index contributed by atoms with van der Waals surface area (Å²) in [4.78, 5) is 11.9. The van der Waals surface area contributed by atoms with Crippen LogP contribution in [0.25, 0.3) is 0 Å². The molecule has 1 atom stereocenters. The zero-order valence-corrected chi connectivity index (χ0v) is 12.9. The summed E-state index contributed by atoms with van der Waals surface area (Å²) in [6.07, 6.45) is 0.493. The second kappa shape index (κ2) is 6.19. The monoisotopic (exact) mass is 302 g/mol. The number of benzene rings is 2. The molecule has 4 heteroatoms. The van der Waals surface area contributed by atoms with E-state index in [0.717, 1.165) is 11.3 Å². The maximum Gasteiger partial charge on any atom is 0.243 e. The van der Waals surface area contributed by atoms with Gasteiger partial charge in [-0.3, -0.25) is 4.79 Å². The van der Waals surface area contributed by atoms with Crippen LogP contribution in [0.3, 0.4) is 0 Å². The molecule has 0 saturated heterocycles. The van der Waals surface area contributed by atoms with Crippen molar-refractivity contribution in [1.82, 2.24) is 0 Å². The molecule has 3 N–H and O–H groups in total. The fraction of sp³-hybridized carbons (Fsp3) is 0.235. The summed E-state index contributed by atoms with van der Waals surface area (Å²) in [6.45, 7) is 3.83. The van der Waals surface area contributed by atoms with Gasteiger partial charge in [-0.25, -0.2) is 0 Å². The van der Waals surface area contributed by atoms with Crippen molar-refractivity contribution < 1.29 is 4.79 Å². The van der Waals surface area contributed by atoms with Crippen LogP contribution in [-0.4, -0.2) is 11.4 Å². The Kier molecular flexibility index (Phi) is 4.53. The van der Waals surface area contributed by atoms with Gasteiger partial charge in [0.2, 0.25) is 5.91 Å². The predicted molar refractivity (Wildman–Crippen MR) is 87.6 cm³/mol. The molecule has 2 rings (SSSR count). The number of hydrogen-bond donors (Lipinski definition) is 2. The number of carbonyl (C=O) groups excluding carboxylic acids is 1. The first-order valence-electron chi connectivity index (χ1n) is 6.78. The van der Waals surface area contributed by atoms with Crippen molar-refractivity contribution >= 4 is 23.2 Å². The second-order valence-electron chi connectivity index (χ2n) is 5.49. The van der Waals surface area contributed by atoms with Crippen LogP contribution >= 0.6 is 11.6 Å². The Morgan fingerprint density at radius 3 is 2.24 bits per heavy atom. The molecule has 0 aliphatic rings. The molecule has 0 fully saturated rings. The summed E-state index contributed by atoms with van der Waals surface area (Å²) in [7, 11) is 0. The van der Waals surface area contributed by atoms with Gasteiger partial charge in [0, 0.05) is 17.1 Å². The maximum atomic E-state index is 11.9. The van der Waals surface area contributed by atoms with Crippen LogP contribution in [0.2, 0.25) is 5.02 Å². The number of hydrogen-bond acceptors (Lipinski definition) is 2. The number of anilines is 1. The van der Waals surface area contributed by atoms with Crippen LogP contribution in [0.15, 0.2) is 48.5 Å². The van der Waals surface area contributed by atoms with Crippen molar-refractivity contribution in [3.05, 3.63) is 64.7 Å². The van der Waals surface area contributed by atoms with Gasteiger partial charge in [-0.05, 0) is 43.7 Å². The number of nitrogens with two attached hydrogens (primary N) is 1. The van der Waals surface area contributed by atoms with Gasteiger partial charge < -0.3 is 11.1 Å². The third kappa shape index (κ3) is 3.99. The van der Waals surface area contributed by atoms with Crippen molar-refractivity contribution in [1.29, 1.82) is 0 Å². The highest BCUT2D eigenvalue weighted by molar-refractivity contribution is 6.30. The molecule has 1 amide bonds. The van der Waals surface area contributed by atoms with Crippen molar-refractivity contribution in [3.8, 4) is 0 Å². The molecule has 0 aliphatic heterocycles. The van der Waals surface area contributed by atoms with Crippen molar-refractivity contribution in [3.63, 3.8) is 0 Å². The third-order valence-corrected chi connectivity index (χ3v) is 3.74. The van der Waals surface area contributed by atoms with E-state index in [4.69, 9.17) is 17.3 Å². The summed E-state index contributed by atoms with van der Waals surface area (Å²) in [6, 6.07) is 15.3. The van der Waals surface area contributed by atoms with Gasteiger partial charge in [-0.15, -0.1) is 0 Å². The van der Waals surface area contributed by atoms with Gasteiger partial charge in [-0.2, -0.15) is 0 Å². The molecule has 110 valence electrons. The molecular formula is C17H19ClN2O.